The van der Waals surface area contributed by atoms with Crippen LogP contribution in [0.1, 0.15) is 41.5 Å². The standard InChI is InChI=1S/C15H30O6/c1-11(2)20-13(16)9-18-7-12(3)8-19-10-14(17)21-15(4,5)6/h11-13,16H,7-10H2,1-6H3. The Morgan fingerprint density at radius 3 is 2.14 bits per heavy atom. The van der Waals surface area contributed by atoms with Crippen molar-refractivity contribution in [1.82, 2.24) is 0 Å². The van der Waals surface area contributed by atoms with Crippen LogP contribution in [0.2, 0.25) is 0 Å². The normalized spacial score (nSPS) is 15.0. The van der Waals surface area contributed by atoms with E-state index in [1.165, 1.54) is 0 Å². The lowest BCUT2D eigenvalue weighted by Gasteiger charge is -2.20. The Bertz CT molecular complexity index is 284. The van der Waals surface area contributed by atoms with Gasteiger partial charge in [0, 0.05) is 5.92 Å². The molecule has 0 fully saturated rings. The second-order valence-corrected chi connectivity index (χ2v) is 6.38. The first kappa shape index (κ1) is 20.3. The summed E-state index contributed by atoms with van der Waals surface area (Å²) in [7, 11) is 0. The summed E-state index contributed by atoms with van der Waals surface area (Å²) in [5.74, 6) is -0.268. The number of aliphatic hydroxyl groups excluding tert-OH is 1. The van der Waals surface area contributed by atoms with Gasteiger partial charge in [0.25, 0.3) is 0 Å². The number of hydrogen-bond donors (Lipinski definition) is 1. The molecule has 0 heterocycles. The minimum Gasteiger partial charge on any atom is -0.458 e. The summed E-state index contributed by atoms with van der Waals surface area (Å²) in [4.78, 5) is 11.4. The van der Waals surface area contributed by atoms with Crippen molar-refractivity contribution in [3.8, 4) is 0 Å². The summed E-state index contributed by atoms with van der Waals surface area (Å²) in [6, 6.07) is 0. The van der Waals surface area contributed by atoms with Gasteiger partial charge in [0.1, 0.15) is 12.2 Å². The Morgan fingerprint density at radius 2 is 1.62 bits per heavy atom. The molecule has 126 valence electrons. The highest BCUT2D eigenvalue weighted by Crippen LogP contribution is 2.07. The Labute approximate surface area is 127 Å². The molecule has 1 N–H and O–H groups in total. The number of carbonyl (C=O) groups excluding carboxylic acids is 1. The first-order valence-electron chi connectivity index (χ1n) is 7.31. The van der Waals surface area contributed by atoms with E-state index in [2.05, 4.69) is 0 Å². The van der Waals surface area contributed by atoms with Gasteiger partial charge in [0.15, 0.2) is 6.29 Å². The van der Waals surface area contributed by atoms with Gasteiger partial charge in [-0.05, 0) is 34.6 Å². The lowest BCUT2D eigenvalue weighted by Crippen LogP contribution is -2.28. The van der Waals surface area contributed by atoms with E-state index in [0.717, 1.165) is 0 Å². The Morgan fingerprint density at radius 1 is 1.05 bits per heavy atom. The van der Waals surface area contributed by atoms with Crippen LogP contribution >= 0.6 is 0 Å². The lowest BCUT2D eigenvalue weighted by atomic mass is 10.2. The summed E-state index contributed by atoms with van der Waals surface area (Å²) in [6.45, 7) is 11.9. The maximum absolute atomic E-state index is 11.4. The van der Waals surface area contributed by atoms with E-state index in [9.17, 15) is 9.90 Å². The zero-order chi connectivity index (χ0) is 16.5. The maximum Gasteiger partial charge on any atom is 0.332 e. The number of aliphatic hydroxyl groups is 1. The second kappa shape index (κ2) is 10.1. The van der Waals surface area contributed by atoms with Crippen molar-refractivity contribution in [1.29, 1.82) is 0 Å². The van der Waals surface area contributed by atoms with Gasteiger partial charge in [0.05, 0.1) is 25.9 Å². The van der Waals surface area contributed by atoms with Crippen LogP contribution < -0.4 is 0 Å². The number of ether oxygens (including phenoxy) is 4. The number of carbonyl (C=O) groups is 1. The van der Waals surface area contributed by atoms with Crippen molar-refractivity contribution in [2.45, 2.75) is 59.5 Å². The molecular weight excluding hydrogens is 276 g/mol. The van der Waals surface area contributed by atoms with Crippen molar-refractivity contribution in [3.05, 3.63) is 0 Å². The molecule has 0 saturated carbocycles. The van der Waals surface area contributed by atoms with E-state index in [4.69, 9.17) is 18.9 Å². The van der Waals surface area contributed by atoms with Crippen molar-refractivity contribution in [3.63, 3.8) is 0 Å². The molecule has 0 aromatic heterocycles. The van der Waals surface area contributed by atoms with Crippen molar-refractivity contribution < 1.29 is 28.8 Å². The van der Waals surface area contributed by atoms with Gasteiger partial charge in [-0.25, -0.2) is 4.79 Å². The van der Waals surface area contributed by atoms with Gasteiger partial charge >= 0.3 is 5.97 Å². The molecule has 0 aromatic carbocycles. The van der Waals surface area contributed by atoms with Gasteiger partial charge in [0.2, 0.25) is 0 Å². The molecule has 2 atom stereocenters. The van der Waals surface area contributed by atoms with Crippen LogP contribution in [0.25, 0.3) is 0 Å². The summed E-state index contributed by atoms with van der Waals surface area (Å²) < 4.78 is 20.9. The average Bonchev–Trinajstić information content (AvgIpc) is 2.25. The molecule has 0 bridgehead atoms. The summed E-state index contributed by atoms with van der Waals surface area (Å²) in [5, 5.41) is 9.45. The molecule has 21 heavy (non-hydrogen) atoms. The third kappa shape index (κ3) is 14.0. The molecule has 0 amide bonds. The summed E-state index contributed by atoms with van der Waals surface area (Å²) in [6.07, 6.45) is -0.960. The quantitative estimate of drug-likeness (QED) is 0.489. The van der Waals surface area contributed by atoms with Crippen LogP contribution in [0.15, 0.2) is 0 Å². The van der Waals surface area contributed by atoms with Gasteiger partial charge in [-0.2, -0.15) is 0 Å². The summed E-state index contributed by atoms with van der Waals surface area (Å²) >= 11 is 0. The molecule has 0 aromatic rings. The Hall–Kier alpha value is -0.690. The topological polar surface area (TPSA) is 74.2 Å². The average molecular weight is 306 g/mol. The van der Waals surface area contributed by atoms with Crippen molar-refractivity contribution in [2.24, 2.45) is 5.92 Å². The van der Waals surface area contributed by atoms with Crippen molar-refractivity contribution >= 4 is 5.97 Å². The smallest absolute Gasteiger partial charge is 0.332 e. The van der Waals surface area contributed by atoms with Gasteiger partial charge in [-0.3, -0.25) is 0 Å². The van der Waals surface area contributed by atoms with Crippen LogP contribution in [0, 0.1) is 5.92 Å². The maximum atomic E-state index is 11.4. The third-order valence-electron chi connectivity index (χ3n) is 2.13. The number of rotatable bonds is 10. The SMILES string of the molecule is CC(COCC(=O)OC(C)(C)C)COCC(O)OC(C)C. The third-order valence-corrected chi connectivity index (χ3v) is 2.13. The first-order valence-corrected chi connectivity index (χ1v) is 7.31. The predicted octanol–water partition coefficient (Wildman–Crippen LogP) is 1.74. The molecule has 0 spiro atoms. The molecule has 0 saturated heterocycles. The molecule has 0 radical (unpaired) electrons. The molecule has 0 aliphatic carbocycles. The Balaban J connectivity index is 3.63. The zero-order valence-corrected chi connectivity index (χ0v) is 14.0. The monoisotopic (exact) mass is 306 g/mol. The fourth-order valence-corrected chi connectivity index (χ4v) is 1.49. The molecule has 0 aliphatic rings. The minimum absolute atomic E-state index is 0.0433. The second-order valence-electron chi connectivity index (χ2n) is 6.38. The fourth-order valence-electron chi connectivity index (χ4n) is 1.49. The summed E-state index contributed by atoms with van der Waals surface area (Å²) in [5.41, 5.74) is -0.498. The highest BCUT2D eigenvalue weighted by molar-refractivity contribution is 5.71. The predicted molar refractivity (Wildman–Crippen MR) is 78.9 cm³/mol. The molecule has 0 rings (SSSR count). The minimum atomic E-state index is -0.917. The zero-order valence-electron chi connectivity index (χ0n) is 14.0. The molecule has 0 aliphatic heterocycles. The molecule has 2 unspecified atom stereocenters. The number of esters is 1. The highest BCUT2D eigenvalue weighted by Gasteiger charge is 2.16. The Kier molecular flexibility index (Phi) is 9.77. The van der Waals surface area contributed by atoms with Crippen molar-refractivity contribution in [2.75, 3.05) is 26.4 Å². The van der Waals surface area contributed by atoms with E-state index < -0.39 is 11.9 Å². The van der Waals surface area contributed by atoms with Crippen LogP contribution in [-0.4, -0.2) is 55.5 Å². The van der Waals surface area contributed by atoms with E-state index in [1.54, 1.807) is 0 Å². The van der Waals surface area contributed by atoms with Crippen LogP contribution in [0.4, 0.5) is 0 Å². The first-order chi connectivity index (χ1) is 9.60. The van der Waals surface area contributed by atoms with Crippen LogP contribution in [-0.2, 0) is 23.7 Å². The van der Waals surface area contributed by atoms with E-state index in [1.807, 2.05) is 41.5 Å². The van der Waals surface area contributed by atoms with E-state index in [-0.39, 0.29) is 31.2 Å². The van der Waals surface area contributed by atoms with Crippen LogP contribution in [0.3, 0.4) is 0 Å². The molecule has 6 heteroatoms. The lowest BCUT2D eigenvalue weighted by molar-refractivity contribution is -0.163. The fraction of sp³-hybridized carbons (Fsp3) is 0.933. The molecular formula is C15H30O6. The van der Waals surface area contributed by atoms with Crippen LogP contribution in [0.5, 0.6) is 0 Å². The van der Waals surface area contributed by atoms with E-state index >= 15 is 0 Å². The van der Waals surface area contributed by atoms with Gasteiger partial charge in [-0.1, -0.05) is 6.92 Å². The highest BCUT2D eigenvalue weighted by atomic mass is 16.6. The van der Waals surface area contributed by atoms with Gasteiger partial charge in [-0.15, -0.1) is 0 Å². The van der Waals surface area contributed by atoms with Gasteiger partial charge < -0.3 is 24.1 Å². The number of hydrogen-bond acceptors (Lipinski definition) is 6. The van der Waals surface area contributed by atoms with E-state index in [0.29, 0.717) is 13.2 Å². The largest absolute Gasteiger partial charge is 0.458 e. The molecule has 6 nitrogen and oxygen atoms in total.